The molecule has 0 radical (unpaired) electrons. The van der Waals surface area contributed by atoms with Gasteiger partial charge in [0.1, 0.15) is 10.8 Å². The highest BCUT2D eigenvalue weighted by Crippen LogP contribution is 2.20. The molecular formula is C10H15Cl2N3O. The van der Waals surface area contributed by atoms with Gasteiger partial charge in [0.2, 0.25) is 5.28 Å². The van der Waals surface area contributed by atoms with Gasteiger partial charge in [-0.2, -0.15) is 4.98 Å². The third kappa shape index (κ3) is 4.12. The molecule has 0 aromatic carbocycles. The highest BCUT2D eigenvalue weighted by Gasteiger charge is 2.08. The number of rotatable bonds is 6. The van der Waals surface area contributed by atoms with Crippen molar-refractivity contribution in [2.24, 2.45) is 5.92 Å². The monoisotopic (exact) mass is 263 g/mol. The minimum absolute atomic E-state index is 0.169. The molecule has 4 nitrogen and oxygen atoms in total. The van der Waals surface area contributed by atoms with Gasteiger partial charge in [-0.1, -0.05) is 24.9 Å². The number of anilines is 1. The summed E-state index contributed by atoms with van der Waals surface area (Å²) in [7, 11) is 0. The average molecular weight is 264 g/mol. The Kier molecular flexibility index (Phi) is 5.80. The van der Waals surface area contributed by atoms with Crippen LogP contribution in [0.25, 0.3) is 0 Å². The van der Waals surface area contributed by atoms with Gasteiger partial charge in [0, 0.05) is 13.2 Å². The number of halogens is 2. The number of nitrogens with zero attached hydrogens (tertiary/aromatic N) is 2. The predicted molar refractivity (Wildman–Crippen MR) is 66.0 cm³/mol. The van der Waals surface area contributed by atoms with Crippen molar-refractivity contribution in [1.82, 2.24) is 9.97 Å². The van der Waals surface area contributed by atoms with Crippen LogP contribution >= 0.6 is 23.2 Å². The second kappa shape index (κ2) is 6.89. The van der Waals surface area contributed by atoms with E-state index in [1.807, 2.05) is 0 Å². The molecule has 2 N–H and O–H groups in total. The molecule has 0 aliphatic carbocycles. The summed E-state index contributed by atoms with van der Waals surface area (Å²) >= 11 is 11.6. The maximum atomic E-state index is 8.86. The van der Waals surface area contributed by atoms with E-state index in [2.05, 4.69) is 22.2 Å². The summed E-state index contributed by atoms with van der Waals surface area (Å²) in [5.74, 6) is 0.938. The number of aliphatic hydroxyl groups is 1. The van der Waals surface area contributed by atoms with Crippen molar-refractivity contribution in [3.05, 3.63) is 16.5 Å². The first-order chi connectivity index (χ1) is 7.67. The van der Waals surface area contributed by atoms with Crippen LogP contribution in [0.5, 0.6) is 0 Å². The highest BCUT2D eigenvalue weighted by molar-refractivity contribution is 6.33. The smallest absolute Gasteiger partial charge is 0.224 e. The van der Waals surface area contributed by atoms with E-state index in [0.717, 1.165) is 12.8 Å². The van der Waals surface area contributed by atoms with Crippen molar-refractivity contribution in [3.8, 4) is 0 Å². The Bertz CT molecular complexity index is 336. The minimum Gasteiger partial charge on any atom is -0.396 e. The van der Waals surface area contributed by atoms with Crippen LogP contribution in [0, 0.1) is 5.92 Å². The van der Waals surface area contributed by atoms with Crippen LogP contribution in [0.15, 0.2) is 6.20 Å². The largest absolute Gasteiger partial charge is 0.396 e. The lowest BCUT2D eigenvalue weighted by molar-refractivity contribution is 0.258. The van der Waals surface area contributed by atoms with Gasteiger partial charge in [-0.3, -0.25) is 0 Å². The molecule has 1 aromatic rings. The second-order valence-electron chi connectivity index (χ2n) is 3.50. The standard InChI is InChI=1S/C10H15Cl2N3O/c1-2-7(3-4-16)5-13-9-8(11)6-14-10(12)15-9/h6-7,16H,2-5H2,1H3,(H,13,14,15). The maximum absolute atomic E-state index is 8.86. The van der Waals surface area contributed by atoms with Crippen molar-refractivity contribution in [2.75, 3.05) is 18.5 Å². The molecule has 1 unspecified atom stereocenters. The van der Waals surface area contributed by atoms with E-state index in [-0.39, 0.29) is 11.9 Å². The van der Waals surface area contributed by atoms with E-state index in [0.29, 0.717) is 23.3 Å². The average Bonchev–Trinajstić information content (AvgIpc) is 2.28. The number of aromatic nitrogens is 2. The lowest BCUT2D eigenvalue weighted by Crippen LogP contribution is -2.16. The van der Waals surface area contributed by atoms with E-state index < -0.39 is 0 Å². The molecule has 1 heterocycles. The Morgan fingerprint density at radius 1 is 1.50 bits per heavy atom. The second-order valence-corrected chi connectivity index (χ2v) is 4.25. The van der Waals surface area contributed by atoms with E-state index in [1.165, 1.54) is 6.20 Å². The summed E-state index contributed by atoms with van der Waals surface area (Å²) in [6.45, 7) is 2.99. The Morgan fingerprint density at radius 2 is 2.25 bits per heavy atom. The van der Waals surface area contributed by atoms with Crippen molar-refractivity contribution in [1.29, 1.82) is 0 Å². The SMILES string of the molecule is CCC(CCO)CNc1nc(Cl)ncc1Cl. The van der Waals surface area contributed by atoms with E-state index in [1.54, 1.807) is 0 Å². The van der Waals surface area contributed by atoms with Crippen molar-refractivity contribution in [2.45, 2.75) is 19.8 Å². The van der Waals surface area contributed by atoms with E-state index in [4.69, 9.17) is 28.3 Å². The molecule has 0 aliphatic rings. The zero-order valence-electron chi connectivity index (χ0n) is 9.08. The van der Waals surface area contributed by atoms with Gasteiger partial charge in [-0.15, -0.1) is 0 Å². The number of nitrogens with one attached hydrogen (secondary N) is 1. The summed E-state index contributed by atoms with van der Waals surface area (Å²) in [4.78, 5) is 7.75. The van der Waals surface area contributed by atoms with Crippen LogP contribution in [0.3, 0.4) is 0 Å². The van der Waals surface area contributed by atoms with Gasteiger partial charge in [0.15, 0.2) is 0 Å². The van der Waals surface area contributed by atoms with Gasteiger partial charge < -0.3 is 10.4 Å². The number of aliphatic hydroxyl groups excluding tert-OH is 1. The zero-order valence-corrected chi connectivity index (χ0v) is 10.6. The van der Waals surface area contributed by atoms with E-state index in [9.17, 15) is 0 Å². The minimum atomic E-state index is 0.169. The fourth-order valence-corrected chi connectivity index (χ4v) is 1.63. The van der Waals surface area contributed by atoms with Crippen LogP contribution in [0.2, 0.25) is 10.3 Å². The van der Waals surface area contributed by atoms with Gasteiger partial charge in [0.05, 0.1) is 6.20 Å². The Hall–Kier alpha value is -0.580. The molecule has 1 aromatic heterocycles. The maximum Gasteiger partial charge on any atom is 0.224 e. The summed E-state index contributed by atoms with van der Waals surface area (Å²) in [5.41, 5.74) is 0. The lowest BCUT2D eigenvalue weighted by Gasteiger charge is -2.15. The molecule has 1 atom stereocenters. The van der Waals surface area contributed by atoms with E-state index >= 15 is 0 Å². The molecule has 0 aliphatic heterocycles. The number of hydrogen-bond acceptors (Lipinski definition) is 4. The Labute approximate surface area is 105 Å². The fourth-order valence-electron chi connectivity index (χ4n) is 1.34. The van der Waals surface area contributed by atoms with Crippen molar-refractivity contribution >= 4 is 29.0 Å². The third-order valence-corrected chi connectivity index (χ3v) is 2.85. The van der Waals surface area contributed by atoms with Gasteiger partial charge in [-0.05, 0) is 23.9 Å². The summed E-state index contributed by atoms with van der Waals surface area (Å²) in [5, 5.41) is 12.6. The zero-order chi connectivity index (χ0) is 12.0. The quantitative estimate of drug-likeness (QED) is 0.775. The molecule has 1 rings (SSSR count). The van der Waals surface area contributed by atoms with Crippen molar-refractivity contribution in [3.63, 3.8) is 0 Å². The first-order valence-electron chi connectivity index (χ1n) is 5.20. The molecule has 6 heteroatoms. The molecule has 0 bridgehead atoms. The van der Waals surface area contributed by atoms with Crippen LogP contribution < -0.4 is 5.32 Å². The van der Waals surface area contributed by atoms with Crippen molar-refractivity contribution < 1.29 is 5.11 Å². The number of hydrogen-bond donors (Lipinski definition) is 2. The summed E-state index contributed by atoms with van der Waals surface area (Å²) < 4.78 is 0. The van der Waals surface area contributed by atoms with Gasteiger partial charge in [0.25, 0.3) is 0 Å². The van der Waals surface area contributed by atoms with Crippen LogP contribution in [-0.2, 0) is 0 Å². The molecule has 90 valence electrons. The Morgan fingerprint density at radius 3 is 2.88 bits per heavy atom. The predicted octanol–water partition coefficient (Wildman–Crippen LogP) is 2.60. The molecule has 0 spiro atoms. The van der Waals surface area contributed by atoms with Crippen LogP contribution in [0.4, 0.5) is 5.82 Å². The first-order valence-corrected chi connectivity index (χ1v) is 5.95. The van der Waals surface area contributed by atoms with Gasteiger partial charge >= 0.3 is 0 Å². The molecule has 16 heavy (non-hydrogen) atoms. The first kappa shape index (κ1) is 13.5. The van der Waals surface area contributed by atoms with Crippen LogP contribution in [0.1, 0.15) is 19.8 Å². The molecule has 0 saturated heterocycles. The molecule has 0 fully saturated rings. The fraction of sp³-hybridized carbons (Fsp3) is 0.600. The summed E-state index contributed by atoms with van der Waals surface area (Å²) in [6.07, 6.45) is 3.22. The van der Waals surface area contributed by atoms with Crippen LogP contribution in [-0.4, -0.2) is 28.2 Å². The summed E-state index contributed by atoms with van der Waals surface area (Å²) in [6, 6.07) is 0. The topological polar surface area (TPSA) is 58.0 Å². The molecule has 0 amide bonds. The molecule has 0 saturated carbocycles. The molecular weight excluding hydrogens is 249 g/mol. The third-order valence-electron chi connectivity index (χ3n) is 2.39. The van der Waals surface area contributed by atoms with Gasteiger partial charge in [-0.25, -0.2) is 4.98 Å². The Balaban J connectivity index is 2.55. The normalized spacial score (nSPS) is 12.5. The lowest BCUT2D eigenvalue weighted by atomic mass is 10.0. The highest BCUT2D eigenvalue weighted by atomic mass is 35.5.